The highest BCUT2D eigenvalue weighted by Gasteiger charge is 2.18. The molecule has 0 saturated carbocycles. The number of amides is 1. The Bertz CT molecular complexity index is 763. The monoisotopic (exact) mass is 397 g/mol. The summed E-state index contributed by atoms with van der Waals surface area (Å²) >= 11 is 0. The van der Waals surface area contributed by atoms with Crippen LogP contribution < -0.4 is 15.0 Å². The quantitative estimate of drug-likeness (QED) is 0.700. The van der Waals surface area contributed by atoms with Gasteiger partial charge in [-0.25, -0.2) is 9.97 Å². The van der Waals surface area contributed by atoms with E-state index in [0.29, 0.717) is 12.5 Å². The standard InChI is InChI=1S/C22H31N5O2/c1-3-18(2)19-7-4-5-8-20(19)29-17-21(28)23-11-12-26-13-15-27(16-14-26)22-24-9-6-10-25-22/h4-10,18H,3,11-17H2,1-2H3,(H,23,28). The Morgan fingerprint density at radius 1 is 1.14 bits per heavy atom. The fourth-order valence-electron chi connectivity index (χ4n) is 3.41. The molecular formula is C22H31N5O2. The lowest BCUT2D eigenvalue weighted by Gasteiger charge is -2.34. The van der Waals surface area contributed by atoms with E-state index in [-0.39, 0.29) is 12.5 Å². The molecule has 1 atom stereocenters. The lowest BCUT2D eigenvalue weighted by molar-refractivity contribution is -0.123. The van der Waals surface area contributed by atoms with E-state index >= 15 is 0 Å². The van der Waals surface area contributed by atoms with Gasteiger partial charge in [0.15, 0.2) is 6.61 Å². The molecule has 1 aliphatic rings. The lowest BCUT2D eigenvalue weighted by atomic mass is 9.98. The van der Waals surface area contributed by atoms with Gasteiger partial charge in [0.25, 0.3) is 5.91 Å². The van der Waals surface area contributed by atoms with Gasteiger partial charge < -0.3 is 15.0 Å². The first-order chi connectivity index (χ1) is 14.2. The number of piperazine rings is 1. The molecule has 156 valence electrons. The number of rotatable bonds is 9. The van der Waals surface area contributed by atoms with Crippen LogP contribution in [0.2, 0.25) is 0 Å². The summed E-state index contributed by atoms with van der Waals surface area (Å²) in [4.78, 5) is 25.3. The Kier molecular flexibility index (Phi) is 7.81. The third kappa shape index (κ3) is 6.15. The number of anilines is 1. The second-order valence-electron chi connectivity index (χ2n) is 7.36. The molecular weight excluding hydrogens is 366 g/mol. The average Bonchev–Trinajstić information content (AvgIpc) is 2.78. The molecule has 3 rings (SSSR count). The molecule has 1 N–H and O–H groups in total. The smallest absolute Gasteiger partial charge is 0.257 e. The highest BCUT2D eigenvalue weighted by molar-refractivity contribution is 5.77. The summed E-state index contributed by atoms with van der Waals surface area (Å²) in [6.07, 6.45) is 4.58. The van der Waals surface area contributed by atoms with E-state index in [1.807, 2.05) is 24.3 Å². The van der Waals surface area contributed by atoms with Crippen molar-refractivity contribution < 1.29 is 9.53 Å². The van der Waals surface area contributed by atoms with E-state index in [1.54, 1.807) is 12.4 Å². The third-order valence-electron chi connectivity index (χ3n) is 5.38. The summed E-state index contributed by atoms with van der Waals surface area (Å²) in [6.45, 7) is 9.50. The van der Waals surface area contributed by atoms with Gasteiger partial charge in [-0.05, 0) is 30.0 Å². The minimum absolute atomic E-state index is 0.0482. The maximum atomic E-state index is 12.2. The summed E-state index contributed by atoms with van der Waals surface area (Å²) in [5, 5.41) is 2.96. The minimum atomic E-state index is -0.0831. The number of hydrogen-bond acceptors (Lipinski definition) is 6. The van der Waals surface area contributed by atoms with Crippen molar-refractivity contribution in [3.63, 3.8) is 0 Å². The molecule has 0 radical (unpaired) electrons. The van der Waals surface area contributed by atoms with Gasteiger partial charge in [-0.3, -0.25) is 9.69 Å². The number of nitrogens with zero attached hydrogens (tertiary/aromatic N) is 4. The van der Waals surface area contributed by atoms with Crippen LogP contribution in [0.5, 0.6) is 5.75 Å². The highest BCUT2D eigenvalue weighted by Crippen LogP contribution is 2.28. The van der Waals surface area contributed by atoms with Gasteiger partial charge in [-0.15, -0.1) is 0 Å². The molecule has 1 aliphatic heterocycles. The Hall–Kier alpha value is -2.67. The largest absolute Gasteiger partial charge is 0.483 e. The molecule has 1 unspecified atom stereocenters. The maximum Gasteiger partial charge on any atom is 0.257 e. The van der Waals surface area contributed by atoms with Crippen LogP contribution in [0, 0.1) is 0 Å². The minimum Gasteiger partial charge on any atom is -0.483 e. The predicted octanol–water partition coefficient (Wildman–Crippen LogP) is 2.31. The first kappa shape index (κ1) is 21.0. The fourth-order valence-corrected chi connectivity index (χ4v) is 3.41. The first-order valence-corrected chi connectivity index (χ1v) is 10.4. The van der Waals surface area contributed by atoms with Crippen molar-refractivity contribution in [3.05, 3.63) is 48.3 Å². The second-order valence-corrected chi connectivity index (χ2v) is 7.36. The highest BCUT2D eigenvalue weighted by atomic mass is 16.5. The summed E-state index contributed by atoms with van der Waals surface area (Å²) in [5.41, 5.74) is 1.16. The van der Waals surface area contributed by atoms with E-state index in [4.69, 9.17) is 4.74 Å². The Morgan fingerprint density at radius 2 is 1.86 bits per heavy atom. The molecule has 7 nitrogen and oxygen atoms in total. The number of benzene rings is 1. The van der Waals surface area contributed by atoms with Gasteiger partial charge >= 0.3 is 0 Å². The number of aromatic nitrogens is 2. The van der Waals surface area contributed by atoms with Crippen molar-refractivity contribution in [2.75, 3.05) is 50.8 Å². The topological polar surface area (TPSA) is 70.6 Å². The van der Waals surface area contributed by atoms with E-state index in [1.165, 1.54) is 0 Å². The van der Waals surface area contributed by atoms with Crippen LogP contribution in [0.1, 0.15) is 31.7 Å². The van der Waals surface area contributed by atoms with E-state index in [2.05, 4.69) is 45.0 Å². The SMILES string of the molecule is CCC(C)c1ccccc1OCC(=O)NCCN1CCN(c2ncccn2)CC1. The van der Waals surface area contributed by atoms with Gasteiger partial charge in [0.05, 0.1) is 0 Å². The maximum absolute atomic E-state index is 12.2. The van der Waals surface area contributed by atoms with E-state index < -0.39 is 0 Å². The number of ether oxygens (including phenoxy) is 1. The van der Waals surface area contributed by atoms with Crippen molar-refractivity contribution in [2.45, 2.75) is 26.2 Å². The fraction of sp³-hybridized carbons (Fsp3) is 0.500. The molecule has 0 bridgehead atoms. The number of hydrogen-bond donors (Lipinski definition) is 1. The Morgan fingerprint density at radius 3 is 2.59 bits per heavy atom. The van der Waals surface area contributed by atoms with Crippen molar-refractivity contribution in [2.24, 2.45) is 0 Å². The zero-order valence-corrected chi connectivity index (χ0v) is 17.4. The van der Waals surface area contributed by atoms with Gasteiger partial charge in [0, 0.05) is 51.7 Å². The van der Waals surface area contributed by atoms with Gasteiger partial charge in [-0.1, -0.05) is 32.0 Å². The predicted molar refractivity (Wildman–Crippen MR) is 114 cm³/mol. The normalized spacial score (nSPS) is 15.7. The summed E-state index contributed by atoms with van der Waals surface area (Å²) in [5.74, 6) is 1.92. The van der Waals surface area contributed by atoms with Crippen LogP contribution in [0.4, 0.5) is 5.95 Å². The molecule has 0 spiro atoms. The van der Waals surface area contributed by atoms with Crippen LogP contribution in [0.25, 0.3) is 0 Å². The number of para-hydroxylation sites is 1. The lowest BCUT2D eigenvalue weighted by Crippen LogP contribution is -2.49. The van der Waals surface area contributed by atoms with Crippen LogP contribution in [-0.2, 0) is 4.79 Å². The van der Waals surface area contributed by atoms with Crippen LogP contribution in [0.15, 0.2) is 42.7 Å². The molecule has 1 amide bonds. The van der Waals surface area contributed by atoms with Crippen molar-refractivity contribution in [1.29, 1.82) is 0 Å². The molecule has 1 aromatic carbocycles. The number of carbonyl (C=O) groups is 1. The van der Waals surface area contributed by atoms with Gasteiger partial charge in [0.2, 0.25) is 5.95 Å². The van der Waals surface area contributed by atoms with Crippen molar-refractivity contribution in [3.8, 4) is 5.75 Å². The van der Waals surface area contributed by atoms with Crippen molar-refractivity contribution >= 4 is 11.9 Å². The summed E-state index contributed by atoms with van der Waals surface area (Å²) in [7, 11) is 0. The number of carbonyl (C=O) groups excluding carboxylic acids is 1. The molecule has 1 aromatic heterocycles. The first-order valence-electron chi connectivity index (χ1n) is 10.4. The molecule has 1 saturated heterocycles. The van der Waals surface area contributed by atoms with E-state index in [0.717, 1.165) is 56.4 Å². The van der Waals surface area contributed by atoms with Gasteiger partial charge in [-0.2, -0.15) is 0 Å². The Labute approximate surface area is 173 Å². The molecule has 0 aliphatic carbocycles. The third-order valence-corrected chi connectivity index (χ3v) is 5.38. The molecule has 1 fully saturated rings. The zero-order valence-electron chi connectivity index (χ0n) is 17.4. The van der Waals surface area contributed by atoms with E-state index in [9.17, 15) is 4.79 Å². The van der Waals surface area contributed by atoms with Crippen molar-refractivity contribution in [1.82, 2.24) is 20.2 Å². The molecule has 7 heteroatoms. The summed E-state index contributed by atoms with van der Waals surface area (Å²) in [6, 6.07) is 9.79. The van der Waals surface area contributed by atoms with Crippen LogP contribution >= 0.6 is 0 Å². The number of nitrogens with one attached hydrogen (secondary N) is 1. The van der Waals surface area contributed by atoms with Crippen LogP contribution in [-0.4, -0.2) is 66.7 Å². The molecule has 2 aromatic rings. The molecule has 29 heavy (non-hydrogen) atoms. The summed E-state index contributed by atoms with van der Waals surface area (Å²) < 4.78 is 5.78. The zero-order chi connectivity index (χ0) is 20.5. The molecule has 2 heterocycles. The second kappa shape index (κ2) is 10.8. The van der Waals surface area contributed by atoms with Gasteiger partial charge in [0.1, 0.15) is 5.75 Å². The Balaban J connectivity index is 1.35. The average molecular weight is 398 g/mol. The van der Waals surface area contributed by atoms with Crippen LogP contribution in [0.3, 0.4) is 0 Å².